The Hall–Kier alpha value is -0.570. The number of nitrogens with zero attached hydrogens (tertiary/aromatic N) is 1. The van der Waals surface area contributed by atoms with E-state index in [1.807, 2.05) is 0 Å². The summed E-state index contributed by atoms with van der Waals surface area (Å²) in [7, 11) is 6.23. The molecule has 1 N–H and O–H groups in total. The van der Waals surface area contributed by atoms with Gasteiger partial charge in [0, 0.05) is 6.42 Å². The molecular formula is C8H18NO2+. The Labute approximate surface area is 68.2 Å². The fraction of sp³-hybridized carbons (Fsp3) is 0.875. The largest absolute Gasteiger partial charge is 0.481 e. The quantitative estimate of drug-likeness (QED) is 0.622. The van der Waals surface area contributed by atoms with Gasteiger partial charge in [-0.15, -0.1) is 0 Å². The molecule has 3 nitrogen and oxygen atoms in total. The second kappa shape index (κ2) is 3.72. The molecule has 0 saturated carbocycles. The molecule has 0 aromatic carbocycles. The van der Waals surface area contributed by atoms with Crippen molar-refractivity contribution < 1.29 is 14.4 Å². The first-order chi connectivity index (χ1) is 4.84. The Morgan fingerprint density at radius 3 is 2.18 bits per heavy atom. The minimum Gasteiger partial charge on any atom is -0.481 e. The van der Waals surface area contributed by atoms with Gasteiger partial charge < -0.3 is 9.59 Å². The average Bonchev–Trinajstić information content (AvgIpc) is 1.80. The highest BCUT2D eigenvalue weighted by Crippen LogP contribution is 2.08. The van der Waals surface area contributed by atoms with Crippen LogP contribution in [-0.4, -0.2) is 42.7 Å². The van der Waals surface area contributed by atoms with E-state index < -0.39 is 5.97 Å². The lowest BCUT2D eigenvalue weighted by molar-refractivity contribution is -0.894. The standard InChI is InChI=1S/C8H17NO2/c1-7(9(2,3)4)5-6-8(10)11/h7H,5-6H2,1-4H3/p+1/t7-/m1/s1. The molecular weight excluding hydrogens is 142 g/mol. The van der Waals surface area contributed by atoms with Gasteiger partial charge in [-0.1, -0.05) is 0 Å². The maximum absolute atomic E-state index is 10.2. The molecule has 0 aromatic heterocycles. The predicted octanol–water partition coefficient (Wildman–Crippen LogP) is 0.946. The van der Waals surface area contributed by atoms with Gasteiger partial charge in [0.05, 0.1) is 33.6 Å². The van der Waals surface area contributed by atoms with Crippen molar-refractivity contribution in [2.75, 3.05) is 21.1 Å². The number of carboxylic acids is 1. The van der Waals surface area contributed by atoms with Crippen LogP contribution in [0.2, 0.25) is 0 Å². The molecule has 0 rings (SSSR count). The van der Waals surface area contributed by atoms with Gasteiger partial charge in [-0.3, -0.25) is 4.79 Å². The Morgan fingerprint density at radius 2 is 1.91 bits per heavy atom. The molecule has 0 aliphatic heterocycles. The van der Waals surface area contributed by atoms with Crippen molar-refractivity contribution in [1.82, 2.24) is 0 Å². The molecule has 0 aromatic rings. The summed E-state index contributed by atoms with van der Waals surface area (Å²) in [6, 6.07) is 0.408. The van der Waals surface area contributed by atoms with Crippen molar-refractivity contribution in [2.24, 2.45) is 0 Å². The van der Waals surface area contributed by atoms with Gasteiger partial charge in [0.2, 0.25) is 0 Å². The van der Waals surface area contributed by atoms with Crippen LogP contribution in [0.15, 0.2) is 0 Å². The third kappa shape index (κ3) is 4.79. The highest BCUT2D eigenvalue weighted by atomic mass is 16.4. The van der Waals surface area contributed by atoms with Crippen LogP contribution in [0.25, 0.3) is 0 Å². The smallest absolute Gasteiger partial charge is 0.303 e. The number of hydrogen-bond acceptors (Lipinski definition) is 1. The molecule has 3 heteroatoms. The third-order valence-corrected chi connectivity index (χ3v) is 2.10. The number of carboxylic acid groups (broad SMARTS) is 1. The molecule has 11 heavy (non-hydrogen) atoms. The van der Waals surface area contributed by atoms with Crippen molar-refractivity contribution in [2.45, 2.75) is 25.8 Å². The minimum atomic E-state index is -0.703. The van der Waals surface area contributed by atoms with Gasteiger partial charge in [0.25, 0.3) is 0 Å². The molecule has 0 bridgehead atoms. The SMILES string of the molecule is C[C@H](CCC(=O)O)[N+](C)(C)C. The molecule has 0 heterocycles. The van der Waals surface area contributed by atoms with Crippen molar-refractivity contribution in [3.63, 3.8) is 0 Å². The summed E-state index contributed by atoms with van der Waals surface area (Å²) in [5.41, 5.74) is 0. The van der Waals surface area contributed by atoms with E-state index in [0.717, 1.165) is 10.9 Å². The van der Waals surface area contributed by atoms with Gasteiger partial charge in [-0.25, -0.2) is 0 Å². The second-order valence-corrected chi connectivity index (χ2v) is 3.90. The van der Waals surface area contributed by atoms with Crippen LogP contribution < -0.4 is 0 Å². The maximum atomic E-state index is 10.2. The fourth-order valence-corrected chi connectivity index (χ4v) is 0.720. The van der Waals surface area contributed by atoms with E-state index in [4.69, 9.17) is 5.11 Å². The monoisotopic (exact) mass is 160 g/mol. The molecule has 0 fully saturated rings. The molecule has 0 saturated heterocycles. The summed E-state index contributed by atoms with van der Waals surface area (Å²) in [6.45, 7) is 2.07. The van der Waals surface area contributed by atoms with Crippen LogP contribution in [0.1, 0.15) is 19.8 Å². The lowest BCUT2D eigenvalue weighted by Crippen LogP contribution is -2.43. The van der Waals surface area contributed by atoms with Crippen LogP contribution in [0.3, 0.4) is 0 Å². The number of aliphatic carboxylic acids is 1. The molecule has 1 atom stereocenters. The van der Waals surface area contributed by atoms with Crippen LogP contribution in [0.4, 0.5) is 0 Å². The van der Waals surface area contributed by atoms with Gasteiger partial charge in [0.15, 0.2) is 0 Å². The van der Waals surface area contributed by atoms with Crippen LogP contribution in [0.5, 0.6) is 0 Å². The van der Waals surface area contributed by atoms with Crippen LogP contribution >= 0.6 is 0 Å². The first-order valence-electron chi connectivity index (χ1n) is 3.87. The molecule has 0 radical (unpaired) electrons. The zero-order valence-electron chi connectivity index (χ0n) is 7.79. The van der Waals surface area contributed by atoms with E-state index in [1.54, 1.807) is 0 Å². The van der Waals surface area contributed by atoms with Gasteiger partial charge in [0.1, 0.15) is 0 Å². The highest BCUT2D eigenvalue weighted by Gasteiger charge is 2.18. The van der Waals surface area contributed by atoms with Crippen LogP contribution in [-0.2, 0) is 4.79 Å². The molecule has 0 aliphatic rings. The Bertz CT molecular complexity index is 138. The normalized spacial score (nSPS) is 14.5. The van der Waals surface area contributed by atoms with Crippen molar-refractivity contribution in [3.05, 3.63) is 0 Å². The van der Waals surface area contributed by atoms with Gasteiger partial charge in [-0.2, -0.15) is 0 Å². The van der Waals surface area contributed by atoms with E-state index >= 15 is 0 Å². The number of hydrogen-bond donors (Lipinski definition) is 1. The lowest BCUT2D eigenvalue weighted by Gasteiger charge is -2.31. The summed E-state index contributed by atoms with van der Waals surface area (Å²) < 4.78 is 0.827. The summed E-state index contributed by atoms with van der Waals surface area (Å²) in [5, 5.41) is 8.42. The Balaban J connectivity index is 3.70. The second-order valence-electron chi connectivity index (χ2n) is 3.90. The third-order valence-electron chi connectivity index (χ3n) is 2.10. The Kier molecular flexibility index (Phi) is 3.52. The van der Waals surface area contributed by atoms with E-state index in [1.165, 1.54) is 0 Å². The molecule has 0 amide bonds. The summed E-state index contributed by atoms with van der Waals surface area (Å²) in [6.07, 6.45) is 1.02. The lowest BCUT2D eigenvalue weighted by atomic mass is 10.1. The average molecular weight is 160 g/mol. The highest BCUT2D eigenvalue weighted by molar-refractivity contribution is 5.66. The number of rotatable bonds is 4. The first-order valence-corrected chi connectivity index (χ1v) is 3.87. The predicted molar refractivity (Wildman–Crippen MR) is 44.4 cm³/mol. The number of carbonyl (C=O) groups is 1. The summed E-state index contributed by atoms with van der Waals surface area (Å²) in [5.74, 6) is -0.703. The van der Waals surface area contributed by atoms with Crippen molar-refractivity contribution >= 4 is 5.97 Å². The summed E-state index contributed by atoms with van der Waals surface area (Å²) in [4.78, 5) is 10.2. The van der Waals surface area contributed by atoms with Crippen molar-refractivity contribution in [1.29, 1.82) is 0 Å². The Morgan fingerprint density at radius 1 is 1.45 bits per heavy atom. The molecule has 0 aliphatic carbocycles. The topological polar surface area (TPSA) is 37.3 Å². The zero-order valence-corrected chi connectivity index (χ0v) is 7.79. The minimum absolute atomic E-state index is 0.274. The maximum Gasteiger partial charge on any atom is 0.303 e. The van der Waals surface area contributed by atoms with Gasteiger partial charge in [-0.05, 0) is 6.92 Å². The van der Waals surface area contributed by atoms with Gasteiger partial charge >= 0.3 is 5.97 Å². The van der Waals surface area contributed by atoms with Crippen molar-refractivity contribution in [3.8, 4) is 0 Å². The van der Waals surface area contributed by atoms with E-state index in [9.17, 15) is 4.79 Å². The molecule has 0 spiro atoms. The van der Waals surface area contributed by atoms with E-state index in [2.05, 4.69) is 28.1 Å². The molecule has 0 unspecified atom stereocenters. The summed E-state index contributed by atoms with van der Waals surface area (Å²) >= 11 is 0. The van der Waals surface area contributed by atoms with Crippen LogP contribution in [0, 0.1) is 0 Å². The van der Waals surface area contributed by atoms with E-state index in [0.29, 0.717) is 6.04 Å². The number of quaternary nitrogens is 1. The zero-order chi connectivity index (χ0) is 9.07. The first kappa shape index (κ1) is 10.4. The molecule has 66 valence electrons. The fourth-order valence-electron chi connectivity index (χ4n) is 0.720. The van der Waals surface area contributed by atoms with E-state index in [-0.39, 0.29) is 6.42 Å².